The maximum Gasteiger partial charge on any atom is 0.419 e. The van der Waals surface area contributed by atoms with Gasteiger partial charge in [0.1, 0.15) is 5.84 Å². The summed E-state index contributed by atoms with van der Waals surface area (Å²) in [5, 5.41) is 9.37. The van der Waals surface area contributed by atoms with Crippen LogP contribution in [0.25, 0.3) is 0 Å². The molecule has 3 atom stereocenters. The lowest BCUT2D eigenvalue weighted by atomic mass is 9.95. The number of hydrogen-bond acceptors (Lipinski definition) is 5. The number of piperazine rings is 1. The molecule has 10 heteroatoms. The van der Waals surface area contributed by atoms with Crippen molar-refractivity contribution in [3.63, 3.8) is 0 Å². The molecule has 48 heavy (non-hydrogen) atoms. The summed E-state index contributed by atoms with van der Waals surface area (Å²) in [6.07, 6.45) is 7.35. The lowest BCUT2D eigenvalue weighted by Crippen LogP contribution is -2.48. The van der Waals surface area contributed by atoms with Crippen molar-refractivity contribution in [2.24, 2.45) is 4.99 Å². The molecule has 4 rings (SSSR count). The van der Waals surface area contributed by atoms with Crippen LogP contribution in [-0.2, 0) is 16.0 Å². The smallest absolute Gasteiger partial charge is 0.385 e. The first-order valence-corrected chi connectivity index (χ1v) is 18.3. The Morgan fingerprint density at radius 3 is 2.50 bits per heavy atom. The molecule has 1 saturated carbocycles. The molecular formula is C38H60F3N5O2. The van der Waals surface area contributed by atoms with Gasteiger partial charge in [-0.1, -0.05) is 66.2 Å². The second-order valence-electron chi connectivity index (χ2n) is 13.4. The number of carbonyl (C=O) groups excluding carboxylic acids is 1. The van der Waals surface area contributed by atoms with Crippen molar-refractivity contribution in [3.05, 3.63) is 52.9 Å². The number of carbonyl (C=O) groups is 1. The molecule has 2 saturated heterocycles. The van der Waals surface area contributed by atoms with Gasteiger partial charge in [-0.3, -0.25) is 4.79 Å². The average Bonchev–Trinajstić information content (AvgIpc) is 3.59. The fourth-order valence-corrected chi connectivity index (χ4v) is 6.17. The molecule has 0 radical (unpaired) electrons. The van der Waals surface area contributed by atoms with Gasteiger partial charge in [0.25, 0.3) is 0 Å². The van der Waals surface area contributed by atoms with Crippen molar-refractivity contribution in [3.8, 4) is 0 Å². The van der Waals surface area contributed by atoms with Gasteiger partial charge >= 0.3 is 6.18 Å². The molecule has 2 heterocycles. The van der Waals surface area contributed by atoms with Crippen LogP contribution >= 0.6 is 0 Å². The van der Waals surface area contributed by atoms with Gasteiger partial charge in [0.2, 0.25) is 5.91 Å². The number of hydrogen-bond donors (Lipinski definition) is 3. The maximum atomic E-state index is 14.2. The number of halogens is 3. The third-order valence-corrected chi connectivity index (χ3v) is 9.71. The van der Waals surface area contributed by atoms with Crippen LogP contribution in [0.15, 0.2) is 46.7 Å². The average molecular weight is 676 g/mol. The van der Waals surface area contributed by atoms with Gasteiger partial charge in [0.15, 0.2) is 0 Å². The van der Waals surface area contributed by atoms with E-state index in [2.05, 4.69) is 67.7 Å². The highest BCUT2D eigenvalue weighted by molar-refractivity contribution is 5.94. The highest BCUT2D eigenvalue weighted by Gasteiger charge is 2.44. The third kappa shape index (κ3) is 11.4. The maximum absolute atomic E-state index is 14.2. The zero-order valence-electron chi connectivity index (χ0n) is 30.4. The van der Waals surface area contributed by atoms with E-state index >= 15 is 0 Å². The van der Waals surface area contributed by atoms with E-state index in [-0.39, 0.29) is 23.7 Å². The minimum atomic E-state index is -4.57. The Labute approximate surface area is 287 Å². The molecule has 1 amide bonds. The van der Waals surface area contributed by atoms with Crippen LogP contribution in [0.1, 0.15) is 123 Å². The first-order chi connectivity index (χ1) is 22.9. The Bertz CT molecular complexity index is 1270. The fraction of sp³-hybridized carbons (Fsp3) is 0.684. The minimum absolute atomic E-state index is 0.0315. The number of allylic oxidation sites excluding steroid dienone is 2. The summed E-state index contributed by atoms with van der Waals surface area (Å²) in [6, 6.07) is 6.31. The first kappa shape index (κ1) is 39.6. The van der Waals surface area contributed by atoms with Crippen molar-refractivity contribution in [1.82, 2.24) is 15.5 Å². The molecule has 3 aliphatic rings. The van der Waals surface area contributed by atoms with Gasteiger partial charge in [0.05, 0.1) is 17.2 Å². The van der Waals surface area contributed by atoms with Crippen molar-refractivity contribution in [2.45, 2.75) is 142 Å². The standard InChI is InChI=1S/C30H44F3N5O.C8H16O/c1-6-9-11-27(34-14-10-15-38-24-17-28(29(38)39)36-18-24)25(30(31,32)33)19-35-21(5)37-26-13-12-23(20(4)7-2)16-22(26)8-3;1-3-7-9-8(4-2)5-6-8/h11-13,16,19-20,24,28,34,36H,6-10,14-15,17-18H2,1-5H3,(H,35,37);3-7H2,1-2H3/b25-19+,27-11-;. The minimum Gasteiger partial charge on any atom is -0.385 e. The summed E-state index contributed by atoms with van der Waals surface area (Å²) in [5.41, 5.74) is 2.78. The van der Waals surface area contributed by atoms with Gasteiger partial charge in [0, 0.05) is 49.9 Å². The first-order valence-electron chi connectivity index (χ1n) is 18.3. The second kappa shape index (κ2) is 18.8. The van der Waals surface area contributed by atoms with E-state index < -0.39 is 11.7 Å². The summed E-state index contributed by atoms with van der Waals surface area (Å²) in [4.78, 5) is 18.3. The van der Waals surface area contributed by atoms with E-state index in [0.717, 1.165) is 62.7 Å². The molecule has 3 fully saturated rings. The zero-order valence-corrected chi connectivity index (χ0v) is 30.4. The van der Waals surface area contributed by atoms with Gasteiger partial charge in [-0.25, -0.2) is 4.99 Å². The number of aliphatic imine (C=N–C) groups is 1. The zero-order chi connectivity index (χ0) is 35.3. The molecular weight excluding hydrogens is 615 g/mol. The van der Waals surface area contributed by atoms with E-state index in [1.54, 1.807) is 13.0 Å². The number of aryl methyl sites for hydroxylation is 1. The lowest BCUT2D eigenvalue weighted by molar-refractivity contribution is -0.132. The number of amidine groups is 1. The largest absolute Gasteiger partial charge is 0.419 e. The van der Waals surface area contributed by atoms with Crippen LogP contribution in [0.3, 0.4) is 0 Å². The normalized spacial score (nSPS) is 21.2. The number of unbranched alkanes of at least 4 members (excludes halogenated alkanes) is 1. The molecule has 1 aliphatic carbocycles. The Balaban J connectivity index is 0.000000598. The number of benzene rings is 1. The third-order valence-electron chi connectivity index (χ3n) is 9.71. The van der Waals surface area contributed by atoms with Gasteiger partial charge in [-0.15, -0.1) is 0 Å². The molecule has 2 bridgehead atoms. The molecule has 2 aliphatic heterocycles. The Morgan fingerprint density at radius 1 is 1.19 bits per heavy atom. The predicted octanol–water partition coefficient (Wildman–Crippen LogP) is 8.63. The molecule has 3 N–H and O–H groups in total. The number of anilines is 1. The number of rotatable bonds is 17. The van der Waals surface area contributed by atoms with Gasteiger partial charge < -0.3 is 25.6 Å². The number of nitrogens with zero attached hydrogens (tertiary/aromatic N) is 2. The van der Waals surface area contributed by atoms with Crippen LogP contribution in [0, 0.1) is 0 Å². The van der Waals surface area contributed by atoms with Crippen molar-refractivity contribution in [2.75, 3.05) is 31.6 Å². The Hall–Kier alpha value is -2.85. The molecule has 0 aromatic heterocycles. The van der Waals surface area contributed by atoms with Crippen molar-refractivity contribution in [1.29, 1.82) is 0 Å². The molecule has 7 nitrogen and oxygen atoms in total. The number of amides is 1. The summed E-state index contributed by atoms with van der Waals surface area (Å²) < 4.78 is 48.1. The number of nitrogens with one attached hydrogen (secondary N) is 3. The van der Waals surface area contributed by atoms with Gasteiger partial charge in [-0.2, -0.15) is 13.2 Å². The predicted molar refractivity (Wildman–Crippen MR) is 191 cm³/mol. The lowest BCUT2D eigenvalue weighted by Gasteiger charge is -2.27. The van der Waals surface area contributed by atoms with E-state index in [4.69, 9.17) is 4.74 Å². The molecule has 0 spiro atoms. The molecule has 270 valence electrons. The van der Waals surface area contributed by atoms with Crippen LogP contribution in [0.4, 0.5) is 18.9 Å². The summed E-state index contributed by atoms with van der Waals surface area (Å²) in [7, 11) is 0. The van der Waals surface area contributed by atoms with Crippen LogP contribution < -0.4 is 16.0 Å². The van der Waals surface area contributed by atoms with E-state index in [1.807, 2.05) is 17.9 Å². The van der Waals surface area contributed by atoms with Crippen LogP contribution in [-0.4, -0.2) is 66.7 Å². The Morgan fingerprint density at radius 2 is 1.94 bits per heavy atom. The molecule has 1 aromatic carbocycles. The SMILES string of the molecule is CCC/C=C(NCCCN1C(=O)C2CC1CN2)/C(=C\N=C(C)Nc1ccc(C(C)CC)cc1CC)C(F)(F)F.CCCOC1(CC)CC1. The topological polar surface area (TPSA) is 78.0 Å². The van der Waals surface area contributed by atoms with Crippen molar-refractivity contribution < 1.29 is 22.7 Å². The molecule has 1 aromatic rings. The Kier molecular flexibility index (Phi) is 15.5. The summed E-state index contributed by atoms with van der Waals surface area (Å²) >= 11 is 0. The van der Waals surface area contributed by atoms with E-state index in [9.17, 15) is 18.0 Å². The van der Waals surface area contributed by atoms with Crippen LogP contribution in [0.2, 0.25) is 0 Å². The van der Waals surface area contributed by atoms with E-state index in [0.29, 0.717) is 43.3 Å². The van der Waals surface area contributed by atoms with Crippen LogP contribution in [0.5, 0.6) is 0 Å². The van der Waals surface area contributed by atoms with Gasteiger partial charge in [-0.05, 0) is 87.8 Å². The second-order valence-corrected chi connectivity index (χ2v) is 13.4. The fourth-order valence-electron chi connectivity index (χ4n) is 6.17. The quantitative estimate of drug-likeness (QED) is 0.0667. The highest BCUT2D eigenvalue weighted by atomic mass is 19.4. The number of ether oxygens (including phenoxy) is 1. The highest BCUT2D eigenvalue weighted by Crippen LogP contribution is 2.42. The number of likely N-dealkylation sites (tertiary alicyclic amines) is 1. The number of fused-ring (bicyclic) bond motifs is 2. The number of alkyl halides is 3. The summed E-state index contributed by atoms with van der Waals surface area (Å²) in [6.45, 7) is 17.0. The monoisotopic (exact) mass is 675 g/mol. The van der Waals surface area contributed by atoms with Crippen molar-refractivity contribution >= 4 is 17.4 Å². The summed E-state index contributed by atoms with van der Waals surface area (Å²) in [5.74, 6) is 0.927. The van der Waals surface area contributed by atoms with E-state index in [1.165, 1.54) is 24.8 Å². The molecule has 3 unspecified atom stereocenters.